The van der Waals surface area contributed by atoms with Crippen LogP contribution >= 0.6 is 0 Å². The van der Waals surface area contributed by atoms with Gasteiger partial charge in [0.25, 0.3) is 0 Å². The molecule has 1 aliphatic heterocycles. The van der Waals surface area contributed by atoms with Crippen molar-refractivity contribution < 1.29 is 0 Å². The zero-order valence-electron chi connectivity index (χ0n) is 12.4. The first-order valence-electron chi connectivity index (χ1n) is 8.18. The Labute approximate surface area is 113 Å². The molecule has 18 heavy (non-hydrogen) atoms. The smallest absolute Gasteiger partial charge is 0.0309 e. The summed E-state index contributed by atoms with van der Waals surface area (Å²) in [5.41, 5.74) is 0.422. The Balaban J connectivity index is 1.65. The molecule has 2 nitrogen and oxygen atoms in total. The highest BCUT2D eigenvalue weighted by Gasteiger charge is 2.51. The highest BCUT2D eigenvalue weighted by atomic mass is 15.3. The Morgan fingerprint density at radius 3 is 2.67 bits per heavy atom. The van der Waals surface area contributed by atoms with Crippen LogP contribution in [-0.2, 0) is 0 Å². The van der Waals surface area contributed by atoms with E-state index in [0.717, 1.165) is 23.9 Å². The molecular formula is C16H30N2. The van der Waals surface area contributed by atoms with Gasteiger partial charge < -0.3 is 5.32 Å². The minimum atomic E-state index is 0.422. The maximum Gasteiger partial charge on any atom is 0.0309 e. The first-order chi connectivity index (χ1) is 8.68. The summed E-state index contributed by atoms with van der Waals surface area (Å²) in [6, 6.07) is 1.72. The third kappa shape index (κ3) is 2.34. The van der Waals surface area contributed by atoms with Gasteiger partial charge in [0, 0.05) is 30.7 Å². The van der Waals surface area contributed by atoms with Crippen molar-refractivity contribution in [1.29, 1.82) is 0 Å². The lowest BCUT2D eigenvalue weighted by Crippen LogP contribution is -2.64. The average Bonchev–Trinajstić information content (AvgIpc) is 3.23. The number of hydrogen-bond donors (Lipinski definition) is 1. The first-order valence-corrected chi connectivity index (χ1v) is 8.18. The standard InChI is InChI=1S/C16H30N2/c1-4-6-12-9-15(12)18-11-16(3,13-7-8-13)17-10-14(18)5-2/h12-15,17H,4-11H2,1-3H3. The molecule has 3 aliphatic rings. The molecule has 2 heteroatoms. The Morgan fingerprint density at radius 1 is 1.28 bits per heavy atom. The van der Waals surface area contributed by atoms with Gasteiger partial charge in [0.2, 0.25) is 0 Å². The average molecular weight is 250 g/mol. The summed E-state index contributed by atoms with van der Waals surface area (Å²) in [5.74, 6) is 1.98. The molecular weight excluding hydrogens is 220 g/mol. The van der Waals surface area contributed by atoms with E-state index in [1.165, 1.54) is 51.6 Å². The van der Waals surface area contributed by atoms with Gasteiger partial charge in [-0.1, -0.05) is 20.3 Å². The molecule has 0 radical (unpaired) electrons. The first kappa shape index (κ1) is 12.9. The quantitative estimate of drug-likeness (QED) is 0.807. The van der Waals surface area contributed by atoms with Crippen LogP contribution in [0.3, 0.4) is 0 Å². The fourth-order valence-corrected chi connectivity index (χ4v) is 4.11. The molecule has 0 aromatic rings. The van der Waals surface area contributed by atoms with Crippen molar-refractivity contribution >= 4 is 0 Å². The van der Waals surface area contributed by atoms with E-state index < -0.39 is 0 Å². The third-order valence-electron chi connectivity index (χ3n) is 5.64. The van der Waals surface area contributed by atoms with Crippen molar-refractivity contribution in [3.05, 3.63) is 0 Å². The Hall–Kier alpha value is -0.0800. The van der Waals surface area contributed by atoms with Gasteiger partial charge in [-0.2, -0.15) is 0 Å². The molecule has 0 aromatic heterocycles. The van der Waals surface area contributed by atoms with Gasteiger partial charge in [-0.25, -0.2) is 0 Å². The van der Waals surface area contributed by atoms with Gasteiger partial charge in [0.05, 0.1) is 0 Å². The minimum absolute atomic E-state index is 0.422. The Kier molecular flexibility index (Phi) is 3.44. The second-order valence-electron chi connectivity index (χ2n) is 7.16. The van der Waals surface area contributed by atoms with Crippen LogP contribution in [-0.4, -0.2) is 35.6 Å². The van der Waals surface area contributed by atoms with Crippen LogP contribution in [0.15, 0.2) is 0 Å². The van der Waals surface area contributed by atoms with Gasteiger partial charge in [-0.05, 0) is 50.9 Å². The SMILES string of the molecule is CCCC1CC1N1CC(C)(C2CC2)NCC1CC. The van der Waals surface area contributed by atoms with Gasteiger partial charge in [0.1, 0.15) is 0 Å². The molecule has 0 aromatic carbocycles. The van der Waals surface area contributed by atoms with Crippen LogP contribution in [0, 0.1) is 11.8 Å². The molecule has 2 saturated carbocycles. The largest absolute Gasteiger partial charge is 0.308 e. The number of rotatable bonds is 5. The second-order valence-corrected chi connectivity index (χ2v) is 7.16. The van der Waals surface area contributed by atoms with E-state index in [1.54, 1.807) is 0 Å². The van der Waals surface area contributed by atoms with E-state index in [1.807, 2.05) is 0 Å². The number of nitrogens with one attached hydrogen (secondary N) is 1. The molecule has 104 valence electrons. The van der Waals surface area contributed by atoms with Gasteiger partial charge in [-0.15, -0.1) is 0 Å². The molecule has 0 spiro atoms. The number of piperazine rings is 1. The molecule has 0 amide bonds. The molecule has 2 aliphatic carbocycles. The molecule has 3 fully saturated rings. The number of hydrogen-bond acceptors (Lipinski definition) is 2. The predicted molar refractivity (Wildman–Crippen MR) is 76.7 cm³/mol. The Bertz CT molecular complexity index is 299. The van der Waals surface area contributed by atoms with Crippen LogP contribution in [0.2, 0.25) is 0 Å². The van der Waals surface area contributed by atoms with Crippen molar-refractivity contribution in [2.24, 2.45) is 11.8 Å². The Morgan fingerprint density at radius 2 is 2.06 bits per heavy atom. The van der Waals surface area contributed by atoms with E-state index in [-0.39, 0.29) is 0 Å². The molecule has 4 unspecified atom stereocenters. The van der Waals surface area contributed by atoms with Gasteiger partial charge >= 0.3 is 0 Å². The van der Waals surface area contributed by atoms with Crippen molar-refractivity contribution in [2.75, 3.05) is 13.1 Å². The second kappa shape index (κ2) is 4.79. The lowest BCUT2D eigenvalue weighted by atomic mass is 9.90. The molecule has 1 N–H and O–H groups in total. The van der Waals surface area contributed by atoms with E-state index >= 15 is 0 Å². The van der Waals surface area contributed by atoms with Crippen LogP contribution in [0.1, 0.15) is 59.3 Å². The van der Waals surface area contributed by atoms with Crippen molar-refractivity contribution in [1.82, 2.24) is 10.2 Å². The molecule has 4 atom stereocenters. The fourth-order valence-electron chi connectivity index (χ4n) is 4.11. The van der Waals surface area contributed by atoms with Crippen LogP contribution < -0.4 is 5.32 Å². The van der Waals surface area contributed by atoms with Crippen molar-refractivity contribution in [2.45, 2.75) is 76.9 Å². The van der Waals surface area contributed by atoms with Crippen molar-refractivity contribution in [3.63, 3.8) is 0 Å². The minimum Gasteiger partial charge on any atom is -0.308 e. The van der Waals surface area contributed by atoms with E-state index in [2.05, 4.69) is 31.0 Å². The summed E-state index contributed by atoms with van der Waals surface area (Å²) in [4.78, 5) is 2.88. The van der Waals surface area contributed by atoms with Crippen LogP contribution in [0.25, 0.3) is 0 Å². The zero-order chi connectivity index (χ0) is 12.8. The lowest BCUT2D eigenvalue weighted by Gasteiger charge is -2.47. The normalized spacial score (nSPS) is 45.2. The zero-order valence-corrected chi connectivity index (χ0v) is 12.4. The summed E-state index contributed by atoms with van der Waals surface area (Å²) < 4.78 is 0. The predicted octanol–water partition coefficient (Wildman–Crippen LogP) is 3.03. The maximum atomic E-state index is 3.88. The summed E-state index contributed by atoms with van der Waals surface area (Å²) in [6.07, 6.45) is 8.51. The molecule has 1 saturated heterocycles. The fraction of sp³-hybridized carbons (Fsp3) is 1.00. The highest BCUT2D eigenvalue weighted by Crippen LogP contribution is 2.46. The third-order valence-corrected chi connectivity index (χ3v) is 5.64. The van der Waals surface area contributed by atoms with E-state index in [9.17, 15) is 0 Å². The summed E-state index contributed by atoms with van der Waals surface area (Å²) in [5, 5.41) is 3.88. The summed E-state index contributed by atoms with van der Waals surface area (Å²) in [7, 11) is 0. The number of nitrogens with zero attached hydrogens (tertiary/aromatic N) is 1. The summed E-state index contributed by atoms with van der Waals surface area (Å²) in [6.45, 7) is 9.69. The topological polar surface area (TPSA) is 15.3 Å². The van der Waals surface area contributed by atoms with Crippen LogP contribution in [0.5, 0.6) is 0 Å². The highest BCUT2D eigenvalue weighted by molar-refractivity contribution is 5.08. The maximum absolute atomic E-state index is 3.88. The van der Waals surface area contributed by atoms with Crippen molar-refractivity contribution in [3.8, 4) is 0 Å². The van der Waals surface area contributed by atoms with Crippen LogP contribution in [0.4, 0.5) is 0 Å². The molecule has 1 heterocycles. The lowest BCUT2D eigenvalue weighted by molar-refractivity contribution is 0.0614. The summed E-state index contributed by atoms with van der Waals surface area (Å²) >= 11 is 0. The van der Waals surface area contributed by atoms with Gasteiger partial charge in [-0.3, -0.25) is 4.90 Å². The molecule has 3 rings (SSSR count). The van der Waals surface area contributed by atoms with E-state index in [0.29, 0.717) is 5.54 Å². The molecule has 0 bridgehead atoms. The van der Waals surface area contributed by atoms with E-state index in [4.69, 9.17) is 0 Å². The monoisotopic (exact) mass is 250 g/mol. The van der Waals surface area contributed by atoms with Gasteiger partial charge in [0.15, 0.2) is 0 Å².